The fourth-order valence-electron chi connectivity index (χ4n) is 1.74. The van der Waals surface area contributed by atoms with Crippen LogP contribution in [0.4, 0.5) is 0 Å². The number of carbonyl (C=O) groups is 1. The molecule has 0 fully saturated rings. The van der Waals surface area contributed by atoms with Crippen molar-refractivity contribution in [2.24, 2.45) is 11.5 Å². The number of primary amides is 1. The average molecular weight is 252 g/mol. The van der Waals surface area contributed by atoms with Gasteiger partial charge in [-0.25, -0.2) is 0 Å². The van der Waals surface area contributed by atoms with Crippen molar-refractivity contribution in [3.63, 3.8) is 0 Å². The van der Waals surface area contributed by atoms with Crippen LogP contribution in [0.2, 0.25) is 0 Å². The van der Waals surface area contributed by atoms with Crippen LogP contribution in [0.1, 0.15) is 29.7 Å². The summed E-state index contributed by atoms with van der Waals surface area (Å²) in [5.41, 5.74) is 13.7. The molecule has 2 unspecified atom stereocenters. The molecule has 4 heteroatoms. The van der Waals surface area contributed by atoms with E-state index in [0.29, 0.717) is 5.75 Å². The highest BCUT2D eigenvalue weighted by molar-refractivity contribution is 8.00. The number of benzene rings is 1. The third kappa shape index (κ3) is 4.06. The molecule has 0 saturated carbocycles. The maximum absolute atomic E-state index is 10.9. The van der Waals surface area contributed by atoms with Gasteiger partial charge in [0, 0.05) is 11.3 Å². The van der Waals surface area contributed by atoms with Gasteiger partial charge in [0.2, 0.25) is 5.91 Å². The minimum absolute atomic E-state index is 0.0421. The number of hydrogen-bond donors (Lipinski definition) is 2. The van der Waals surface area contributed by atoms with Crippen LogP contribution in [0.3, 0.4) is 0 Å². The molecular weight excluding hydrogens is 232 g/mol. The predicted molar refractivity (Wildman–Crippen MR) is 73.8 cm³/mol. The monoisotopic (exact) mass is 252 g/mol. The predicted octanol–water partition coefficient (Wildman–Crippen LogP) is 1.99. The summed E-state index contributed by atoms with van der Waals surface area (Å²) in [5, 5.41) is 0.133. The summed E-state index contributed by atoms with van der Waals surface area (Å²) >= 11 is 1.53. The van der Waals surface area contributed by atoms with Crippen molar-refractivity contribution in [2.45, 2.75) is 31.6 Å². The van der Waals surface area contributed by atoms with E-state index in [9.17, 15) is 4.79 Å². The second kappa shape index (κ2) is 6.67. The van der Waals surface area contributed by atoms with Gasteiger partial charge in [-0.05, 0) is 24.5 Å². The van der Waals surface area contributed by atoms with Crippen molar-refractivity contribution < 1.29 is 4.79 Å². The van der Waals surface area contributed by atoms with Gasteiger partial charge in [0.25, 0.3) is 0 Å². The van der Waals surface area contributed by atoms with Crippen LogP contribution in [0.15, 0.2) is 24.3 Å². The fourth-order valence-corrected chi connectivity index (χ4v) is 2.96. The van der Waals surface area contributed by atoms with Gasteiger partial charge in [0.15, 0.2) is 0 Å². The lowest BCUT2D eigenvalue weighted by Gasteiger charge is -2.24. The fraction of sp³-hybridized carbons (Fsp3) is 0.462. The van der Waals surface area contributed by atoms with Crippen LogP contribution in [-0.4, -0.2) is 17.7 Å². The molecule has 0 aliphatic heterocycles. The minimum atomic E-state index is -0.295. The van der Waals surface area contributed by atoms with Gasteiger partial charge in [0.05, 0.1) is 5.75 Å². The second-order valence-corrected chi connectivity index (χ2v) is 5.26. The smallest absolute Gasteiger partial charge is 0.227 e. The molecule has 0 aromatic heterocycles. The summed E-state index contributed by atoms with van der Waals surface area (Å²) in [6.45, 7) is 4.12. The lowest BCUT2D eigenvalue weighted by Crippen LogP contribution is -2.27. The molecule has 0 spiro atoms. The molecule has 1 aromatic rings. The maximum Gasteiger partial charge on any atom is 0.227 e. The minimum Gasteiger partial charge on any atom is -0.369 e. The molecule has 0 aliphatic carbocycles. The summed E-state index contributed by atoms with van der Waals surface area (Å²) in [5.74, 6) is 0.0177. The van der Waals surface area contributed by atoms with E-state index < -0.39 is 0 Å². The average Bonchev–Trinajstić information content (AvgIpc) is 2.30. The van der Waals surface area contributed by atoms with Gasteiger partial charge in [-0.15, -0.1) is 11.8 Å². The number of thioether (sulfide) groups is 1. The molecule has 0 aliphatic rings. The summed E-state index contributed by atoms with van der Waals surface area (Å²) in [6.07, 6.45) is 0.880. The Hall–Kier alpha value is -1.00. The molecule has 17 heavy (non-hydrogen) atoms. The zero-order chi connectivity index (χ0) is 12.8. The Bertz CT molecular complexity index is 381. The largest absolute Gasteiger partial charge is 0.369 e. The number of aryl methyl sites for hydroxylation is 1. The Morgan fingerprint density at radius 2 is 2.06 bits per heavy atom. The first kappa shape index (κ1) is 14.1. The first-order chi connectivity index (χ1) is 8.06. The highest BCUT2D eigenvalue weighted by Gasteiger charge is 2.21. The van der Waals surface area contributed by atoms with E-state index in [1.807, 2.05) is 12.1 Å². The first-order valence-corrected chi connectivity index (χ1v) is 6.82. The SMILES string of the molecule is CCC(N)C(SCC(N)=O)c1ccccc1C. The Balaban J connectivity index is 2.90. The summed E-state index contributed by atoms with van der Waals surface area (Å²) < 4.78 is 0. The van der Waals surface area contributed by atoms with Gasteiger partial charge in [-0.1, -0.05) is 31.2 Å². The topological polar surface area (TPSA) is 69.1 Å². The maximum atomic E-state index is 10.9. The van der Waals surface area contributed by atoms with Crippen LogP contribution in [-0.2, 0) is 4.79 Å². The van der Waals surface area contributed by atoms with Gasteiger partial charge in [-0.2, -0.15) is 0 Å². The molecule has 4 N–H and O–H groups in total. The van der Waals surface area contributed by atoms with Crippen LogP contribution < -0.4 is 11.5 Å². The highest BCUT2D eigenvalue weighted by Crippen LogP contribution is 2.34. The van der Waals surface area contributed by atoms with Gasteiger partial charge < -0.3 is 11.5 Å². The van der Waals surface area contributed by atoms with Crippen LogP contribution >= 0.6 is 11.8 Å². The highest BCUT2D eigenvalue weighted by atomic mass is 32.2. The van der Waals surface area contributed by atoms with E-state index in [2.05, 4.69) is 26.0 Å². The molecule has 0 heterocycles. The van der Waals surface area contributed by atoms with Crippen molar-refractivity contribution >= 4 is 17.7 Å². The molecular formula is C13H20N2OS. The van der Waals surface area contributed by atoms with Gasteiger partial charge in [0.1, 0.15) is 0 Å². The van der Waals surface area contributed by atoms with Crippen LogP contribution in [0, 0.1) is 6.92 Å². The molecule has 0 radical (unpaired) electrons. The van der Waals surface area contributed by atoms with Crippen molar-refractivity contribution in [3.05, 3.63) is 35.4 Å². The molecule has 0 saturated heterocycles. The summed E-state index contributed by atoms with van der Waals surface area (Å²) in [4.78, 5) is 10.9. The van der Waals surface area contributed by atoms with Gasteiger partial charge in [-0.3, -0.25) is 4.79 Å². The normalized spacial score (nSPS) is 14.3. The van der Waals surface area contributed by atoms with Crippen molar-refractivity contribution in [1.82, 2.24) is 0 Å². The van der Waals surface area contributed by atoms with Crippen molar-refractivity contribution in [3.8, 4) is 0 Å². The first-order valence-electron chi connectivity index (χ1n) is 5.77. The zero-order valence-corrected chi connectivity index (χ0v) is 11.2. The van der Waals surface area contributed by atoms with Crippen LogP contribution in [0.25, 0.3) is 0 Å². The van der Waals surface area contributed by atoms with Crippen molar-refractivity contribution in [2.75, 3.05) is 5.75 Å². The van der Waals surface area contributed by atoms with Gasteiger partial charge >= 0.3 is 0 Å². The van der Waals surface area contributed by atoms with E-state index in [1.54, 1.807) is 0 Å². The van der Waals surface area contributed by atoms with E-state index >= 15 is 0 Å². The van der Waals surface area contributed by atoms with Crippen LogP contribution in [0.5, 0.6) is 0 Å². The Labute approximate surface area is 107 Å². The van der Waals surface area contributed by atoms with E-state index in [-0.39, 0.29) is 17.2 Å². The second-order valence-electron chi connectivity index (χ2n) is 4.13. The third-order valence-corrected chi connectivity index (χ3v) is 4.17. The summed E-state index contributed by atoms with van der Waals surface area (Å²) in [6, 6.07) is 8.19. The molecule has 2 atom stereocenters. The standard InChI is InChI=1S/C13H20N2OS/c1-3-11(14)13(17-8-12(15)16)10-7-5-4-6-9(10)2/h4-7,11,13H,3,8,14H2,1-2H3,(H2,15,16). The Kier molecular flexibility index (Phi) is 5.51. The number of hydrogen-bond acceptors (Lipinski definition) is 3. The zero-order valence-electron chi connectivity index (χ0n) is 10.3. The molecule has 3 nitrogen and oxygen atoms in total. The number of nitrogens with two attached hydrogens (primary N) is 2. The van der Waals surface area contributed by atoms with E-state index in [1.165, 1.54) is 22.9 Å². The lowest BCUT2D eigenvalue weighted by molar-refractivity contribution is -0.115. The number of amides is 1. The third-order valence-electron chi connectivity index (χ3n) is 2.76. The van der Waals surface area contributed by atoms with E-state index in [4.69, 9.17) is 11.5 Å². The Morgan fingerprint density at radius 3 is 2.59 bits per heavy atom. The quantitative estimate of drug-likeness (QED) is 0.813. The number of rotatable bonds is 6. The molecule has 0 bridgehead atoms. The van der Waals surface area contributed by atoms with Crippen molar-refractivity contribution in [1.29, 1.82) is 0 Å². The summed E-state index contributed by atoms with van der Waals surface area (Å²) in [7, 11) is 0. The molecule has 1 amide bonds. The molecule has 94 valence electrons. The number of carbonyl (C=O) groups excluding carboxylic acids is 1. The lowest BCUT2D eigenvalue weighted by atomic mass is 10.00. The molecule has 1 rings (SSSR count). The molecule has 1 aromatic carbocycles. The van der Waals surface area contributed by atoms with E-state index in [0.717, 1.165) is 6.42 Å². The Morgan fingerprint density at radius 1 is 1.41 bits per heavy atom.